The molecule has 3 nitrogen and oxygen atoms in total. The van der Waals surface area contributed by atoms with E-state index >= 15 is 0 Å². The Labute approximate surface area is 161 Å². The van der Waals surface area contributed by atoms with Gasteiger partial charge in [-0.1, -0.05) is 23.7 Å². The quantitative estimate of drug-likeness (QED) is 0.740. The van der Waals surface area contributed by atoms with Crippen molar-refractivity contribution in [1.82, 2.24) is 0 Å². The highest BCUT2D eigenvalue weighted by Gasteiger charge is 2.51. The summed E-state index contributed by atoms with van der Waals surface area (Å²) in [6.07, 6.45) is -4.82. The molecule has 0 radical (unpaired) electrons. The Morgan fingerprint density at radius 1 is 1.11 bits per heavy atom. The van der Waals surface area contributed by atoms with Crippen molar-refractivity contribution in [2.75, 3.05) is 4.90 Å². The van der Waals surface area contributed by atoms with E-state index in [2.05, 4.69) is 0 Å². The minimum Gasteiger partial charge on any atom is -0.376 e. The molecule has 27 heavy (non-hydrogen) atoms. The van der Waals surface area contributed by atoms with Gasteiger partial charge in [0, 0.05) is 22.3 Å². The topological polar surface area (TPSA) is 40.5 Å². The number of amides is 1. The summed E-state index contributed by atoms with van der Waals surface area (Å²) < 4.78 is 38.9. The molecule has 0 spiro atoms. The molecule has 1 unspecified atom stereocenters. The standard InChI is InChI=1S/C20H21ClF3NO2/c1-12(2)25(17-10-9-16(21)11-13(17)3)18(26)14-5-7-15(8-6-14)19(4,27)20(22,23)24/h5-12,27H,1-4H3. The van der Waals surface area contributed by atoms with Crippen LogP contribution in [0.5, 0.6) is 0 Å². The summed E-state index contributed by atoms with van der Waals surface area (Å²) in [5.41, 5.74) is -1.61. The largest absolute Gasteiger partial charge is 0.421 e. The second-order valence-electron chi connectivity index (χ2n) is 6.85. The average Bonchev–Trinajstić information content (AvgIpc) is 2.55. The van der Waals surface area contributed by atoms with Gasteiger partial charge in [0.05, 0.1) is 0 Å². The maximum absolute atomic E-state index is 13.0. The Kier molecular flexibility index (Phi) is 5.92. The van der Waals surface area contributed by atoms with E-state index < -0.39 is 11.8 Å². The van der Waals surface area contributed by atoms with Crippen LogP contribution in [0.25, 0.3) is 0 Å². The molecular formula is C20H21ClF3NO2. The zero-order valence-electron chi connectivity index (χ0n) is 15.4. The zero-order chi connectivity index (χ0) is 20.6. The number of carbonyl (C=O) groups excluding carboxylic acids is 1. The zero-order valence-corrected chi connectivity index (χ0v) is 16.2. The number of anilines is 1. The summed E-state index contributed by atoms with van der Waals surface area (Å²) in [4.78, 5) is 14.5. The molecule has 146 valence electrons. The normalized spacial score (nSPS) is 14.1. The van der Waals surface area contributed by atoms with Crippen LogP contribution in [-0.4, -0.2) is 23.2 Å². The molecule has 1 atom stereocenters. The fraction of sp³-hybridized carbons (Fsp3) is 0.350. The van der Waals surface area contributed by atoms with Gasteiger partial charge in [0.2, 0.25) is 0 Å². The molecule has 0 aliphatic carbocycles. The van der Waals surface area contributed by atoms with Gasteiger partial charge in [0.25, 0.3) is 5.91 Å². The van der Waals surface area contributed by atoms with E-state index in [1.165, 1.54) is 12.1 Å². The summed E-state index contributed by atoms with van der Waals surface area (Å²) in [6, 6.07) is 9.78. The number of hydrogen-bond donors (Lipinski definition) is 1. The van der Waals surface area contributed by atoms with Crippen LogP contribution in [0.1, 0.15) is 42.3 Å². The van der Waals surface area contributed by atoms with Crippen LogP contribution in [0.3, 0.4) is 0 Å². The van der Waals surface area contributed by atoms with Crippen molar-refractivity contribution in [1.29, 1.82) is 0 Å². The maximum Gasteiger partial charge on any atom is 0.421 e. The Hall–Kier alpha value is -2.05. The van der Waals surface area contributed by atoms with Crippen LogP contribution in [0.4, 0.5) is 18.9 Å². The first kappa shape index (κ1) is 21.3. The summed E-state index contributed by atoms with van der Waals surface area (Å²) >= 11 is 5.98. The SMILES string of the molecule is Cc1cc(Cl)ccc1N(C(=O)c1ccc(C(C)(O)C(F)(F)F)cc1)C(C)C. The van der Waals surface area contributed by atoms with Crippen molar-refractivity contribution < 1.29 is 23.1 Å². The molecule has 0 aromatic heterocycles. The first-order valence-corrected chi connectivity index (χ1v) is 8.73. The molecule has 2 aromatic rings. The van der Waals surface area contributed by atoms with E-state index in [9.17, 15) is 23.1 Å². The van der Waals surface area contributed by atoms with Gasteiger partial charge in [-0.05, 0) is 69.2 Å². The number of carbonyl (C=O) groups is 1. The lowest BCUT2D eigenvalue weighted by atomic mass is 9.94. The van der Waals surface area contributed by atoms with Gasteiger partial charge in [-0.25, -0.2) is 0 Å². The number of aliphatic hydroxyl groups is 1. The number of aryl methyl sites for hydroxylation is 1. The van der Waals surface area contributed by atoms with Crippen LogP contribution in [0, 0.1) is 6.92 Å². The second kappa shape index (κ2) is 7.52. The minimum absolute atomic E-state index is 0.185. The highest BCUT2D eigenvalue weighted by atomic mass is 35.5. The van der Waals surface area contributed by atoms with E-state index in [1.807, 2.05) is 20.8 Å². The van der Waals surface area contributed by atoms with E-state index in [0.717, 1.165) is 17.7 Å². The van der Waals surface area contributed by atoms with Crippen LogP contribution < -0.4 is 4.90 Å². The van der Waals surface area contributed by atoms with E-state index in [4.69, 9.17) is 11.6 Å². The number of nitrogens with zero attached hydrogens (tertiary/aromatic N) is 1. The monoisotopic (exact) mass is 399 g/mol. The Morgan fingerprint density at radius 3 is 2.11 bits per heavy atom. The molecule has 0 fully saturated rings. The van der Waals surface area contributed by atoms with Crippen LogP contribution in [0.2, 0.25) is 5.02 Å². The van der Waals surface area contributed by atoms with Gasteiger partial charge in [-0.2, -0.15) is 13.2 Å². The van der Waals surface area contributed by atoms with Crippen LogP contribution >= 0.6 is 11.6 Å². The van der Waals surface area contributed by atoms with E-state index in [0.29, 0.717) is 17.6 Å². The van der Waals surface area contributed by atoms with Crippen LogP contribution in [0.15, 0.2) is 42.5 Å². The summed E-state index contributed by atoms with van der Waals surface area (Å²) in [5.74, 6) is -0.353. The summed E-state index contributed by atoms with van der Waals surface area (Å²) in [5, 5.41) is 10.3. The lowest BCUT2D eigenvalue weighted by molar-refractivity contribution is -0.258. The fourth-order valence-corrected chi connectivity index (χ4v) is 2.98. The van der Waals surface area contributed by atoms with Gasteiger partial charge in [-0.3, -0.25) is 4.79 Å². The molecule has 1 amide bonds. The predicted octanol–water partition coefficient (Wildman–Crippen LogP) is 5.47. The Morgan fingerprint density at radius 2 is 1.67 bits per heavy atom. The van der Waals surface area contributed by atoms with Crippen molar-refractivity contribution in [3.63, 3.8) is 0 Å². The molecule has 7 heteroatoms. The fourth-order valence-electron chi connectivity index (χ4n) is 2.75. The third-order valence-electron chi connectivity index (χ3n) is 4.40. The van der Waals surface area contributed by atoms with Gasteiger partial charge in [-0.15, -0.1) is 0 Å². The highest BCUT2D eigenvalue weighted by Crippen LogP contribution is 2.38. The van der Waals surface area contributed by atoms with Gasteiger partial charge >= 0.3 is 6.18 Å². The molecule has 0 heterocycles. The Balaban J connectivity index is 2.40. The van der Waals surface area contributed by atoms with Crippen LogP contribution in [-0.2, 0) is 5.60 Å². The lowest BCUT2D eigenvalue weighted by Crippen LogP contribution is -2.39. The molecule has 2 rings (SSSR count). The Bertz CT molecular complexity index is 830. The smallest absolute Gasteiger partial charge is 0.376 e. The number of rotatable bonds is 4. The molecule has 1 N–H and O–H groups in total. The number of halogens is 4. The van der Waals surface area contributed by atoms with Crippen molar-refractivity contribution in [3.05, 3.63) is 64.2 Å². The molecule has 0 saturated carbocycles. The molecule has 0 aliphatic rings. The third-order valence-corrected chi connectivity index (χ3v) is 4.63. The number of alkyl halides is 3. The van der Waals surface area contributed by atoms with E-state index in [1.54, 1.807) is 23.1 Å². The summed E-state index contributed by atoms with van der Waals surface area (Å²) in [6.45, 7) is 6.19. The first-order chi connectivity index (χ1) is 12.4. The first-order valence-electron chi connectivity index (χ1n) is 8.35. The van der Waals surface area contributed by atoms with Crippen molar-refractivity contribution in [2.24, 2.45) is 0 Å². The second-order valence-corrected chi connectivity index (χ2v) is 7.28. The van der Waals surface area contributed by atoms with Crippen molar-refractivity contribution in [3.8, 4) is 0 Å². The molecule has 0 bridgehead atoms. The van der Waals surface area contributed by atoms with Crippen molar-refractivity contribution in [2.45, 2.75) is 45.5 Å². The molecule has 2 aromatic carbocycles. The van der Waals surface area contributed by atoms with Crippen molar-refractivity contribution >= 4 is 23.2 Å². The molecule has 0 aliphatic heterocycles. The average molecular weight is 400 g/mol. The van der Waals surface area contributed by atoms with Gasteiger partial charge < -0.3 is 10.0 Å². The lowest BCUT2D eigenvalue weighted by Gasteiger charge is -2.29. The minimum atomic E-state index is -4.82. The van der Waals surface area contributed by atoms with E-state index in [-0.39, 0.29) is 23.1 Å². The maximum atomic E-state index is 13.0. The number of benzene rings is 2. The third kappa shape index (κ3) is 4.28. The molecule has 0 saturated heterocycles. The van der Waals surface area contributed by atoms with Gasteiger partial charge in [0.1, 0.15) is 0 Å². The van der Waals surface area contributed by atoms with Gasteiger partial charge in [0.15, 0.2) is 5.60 Å². The molecular weight excluding hydrogens is 379 g/mol. The summed E-state index contributed by atoms with van der Waals surface area (Å²) in [7, 11) is 0. The number of hydrogen-bond acceptors (Lipinski definition) is 2. The predicted molar refractivity (Wildman–Crippen MR) is 100 cm³/mol. The highest BCUT2D eigenvalue weighted by molar-refractivity contribution is 6.30.